The summed E-state index contributed by atoms with van der Waals surface area (Å²) < 4.78 is 0. The van der Waals surface area contributed by atoms with Crippen molar-refractivity contribution in [2.24, 2.45) is 5.92 Å². The van der Waals surface area contributed by atoms with Gasteiger partial charge in [-0.25, -0.2) is 0 Å². The predicted octanol–water partition coefficient (Wildman–Crippen LogP) is 1.75. The van der Waals surface area contributed by atoms with Crippen LogP contribution in [0.5, 0.6) is 0 Å². The highest BCUT2D eigenvalue weighted by Crippen LogP contribution is 2.25. The maximum atomic E-state index is 4.11. The summed E-state index contributed by atoms with van der Waals surface area (Å²) >= 11 is 0. The molecule has 0 saturated carbocycles. The van der Waals surface area contributed by atoms with E-state index in [4.69, 9.17) is 0 Å². The van der Waals surface area contributed by atoms with Crippen molar-refractivity contribution in [2.45, 2.75) is 19.4 Å². The number of hydrogen-bond donors (Lipinski definition) is 1. The summed E-state index contributed by atoms with van der Waals surface area (Å²) in [6, 6.07) is 4.68. The minimum Gasteiger partial charge on any atom is -0.310 e. The molecule has 2 nitrogen and oxygen atoms in total. The van der Waals surface area contributed by atoms with Crippen molar-refractivity contribution in [3.63, 3.8) is 0 Å². The lowest BCUT2D eigenvalue weighted by Gasteiger charge is -2.08. The van der Waals surface area contributed by atoms with Crippen LogP contribution in [0.3, 0.4) is 0 Å². The summed E-state index contributed by atoms with van der Waals surface area (Å²) in [4.78, 5) is 4.11. The van der Waals surface area contributed by atoms with Gasteiger partial charge in [0.2, 0.25) is 0 Å². The zero-order valence-electron chi connectivity index (χ0n) is 7.33. The summed E-state index contributed by atoms with van der Waals surface area (Å²) in [7, 11) is 0. The van der Waals surface area contributed by atoms with Gasteiger partial charge in [-0.3, -0.25) is 4.98 Å². The van der Waals surface area contributed by atoms with Gasteiger partial charge in [0.15, 0.2) is 0 Å². The number of pyridine rings is 1. The van der Waals surface area contributed by atoms with Crippen LogP contribution < -0.4 is 5.32 Å². The van der Waals surface area contributed by atoms with Gasteiger partial charge in [0.1, 0.15) is 0 Å². The summed E-state index contributed by atoms with van der Waals surface area (Å²) in [5.74, 6) is 0.801. The van der Waals surface area contributed by atoms with E-state index in [-0.39, 0.29) is 0 Å². The molecule has 1 aromatic rings. The van der Waals surface area contributed by atoms with Crippen molar-refractivity contribution in [2.75, 3.05) is 6.54 Å². The molecule has 1 aliphatic rings. The SMILES string of the molecule is C[C@@H]1CN[C@@H](c2cccnc2)C1. The van der Waals surface area contributed by atoms with E-state index in [1.165, 1.54) is 12.0 Å². The topological polar surface area (TPSA) is 24.9 Å². The highest BCUT2D eigenvalue weighted by atomic mass is 14.9. The third-order valence-corrected chi connectivity index (χ3v) is 2.44. The van der Waals surface area contributed by atoms with Gasteiger partial charge in [-0.15, -0.1) is 0 Å². The van der Waals surface area contributed by atoms with E-state index in [2.05, 4.69) is 23.3 Å². The van der Waals surface area contributed by atoms with Gasteiger partial charge in [-0.2, -0.15) is 0 Å². The molecule has 0 spiro atoms. The second-order valence-corrected chi connectivity index (χ2v) is 3.59. The number of nitrogens with zero attached hydrogens (tertiary/aromatic N) is 1. The number of nitrogens with one attached hydrogen (secondary N) is 1. The average Bonchev–Trinajstić information content (AvgIpc) is 2.54. The molecule has 2 rings (SSSR count). The Morgan fingerprint density at radius 3 is 3.08 bits per heavy atom. The summed E-state index contributed by atoms with van der Waals surface area (Å²) in [5.41, 5.74) is 1.32. The van der Waals surface area contributed by atoms with Crippen LogP contribution in [0.2, 0.25) is 0 Å². The first kappa shape index (κ1) is 7.74. The second-order valence-electron chi connectivity index (χ2n) is 3.59. The van der Waals surface area contributed by atoms with Crippen LogP contribution in [0.4, 0.5) is 0 Å². The Balaban J connectivity index is 2.11. The van der Waals surface area contributed by atoms with E-state index in [1.807, 2.05) is 18.5 Å². The molecule has 2 heteroatoms. The molecule has 1 aliphatic heterocycles. The van der Waals surface area contributed by atoms with Gasteiger partial charge in [-0.05, 0) is 30.5 Å². The Morgan fingerprint density at radius 1 is 1.58 bits per heavy atom. The lowest BCUT2D eigenvalue weighted by Crippen LogP contribution is -2.13. The number of rotatable bonds is 1. The molecule has 0 amide bonds. The summed E-state index contributed by atoms with van der Waals surface area (Å²) in [6.45, 7) is 3.42. The second kappa shape index (κ2) is 3.23. The zero-order valence-corrected chi connectivity index (χ0v) is 7.33. The van der Waals surface area contributed by atoms with Crippen LogP contribution in [0.25, 0.3) is 0 Å². The first-order valence-corrected chi connectivity index (χ1v) is 4.49. The van der Waals surface area contributed by atoms with Crippen LogP contribution in [0, 0.1) is 5.92 Å². The van der Waals surface area contributed by atoms with Crippen LogP contribution >= 0.6 is 0 Å². The molecule has 2 atom stereocenters. The van der Waals surface area contributed by atoms with Gasteiger partial charge in [0, 0.05) is 18.4 Å². The molecule has 0 aromatic carbocycles. The third-order valence-electron chi connectivity index (χ3n) is 2.44. The molecule has 0 unspecified atom stereocenters. The van der Waals surface area contributed by atoms with E-state index in [0.717, 1.165) is 12.5 Å². The van der Waals surface area contributed by atoms with Crippen LogP contribution in [0.15, 0.2) is 24.5 Å². The maximum Gasteiger partial charge on any atom is 0.0338 e. The Morgan fingerprint density at radius 2 is 2.50 bits per heavy atom. The fourth-order valence-corrected chi connectivity index (χ4v) is 1.75. The molecule has 64 valence electrons. The molecule has 0 aliphatic carbocycles. The quantitative estimate of drug-likeness (QED) is 0.680. The first-order valence-electron chi connectivity index (χ1n) is 4.49. The fourth-order valence-electron chi connectivity index (χ4n) is 1.75. The summed E-state index contributed by atoms with van der Waals surface area (Å²) in [5, 5.41) is 3.48. The molecule has 2 heterocycles. The maximum absolute atomic E-state index is 4.11. The standard InChI is InChI=1S/C10H14N2/c1-8-5-10(12-6-8)9-3-2-4-11-7-9/h2-4,7-8,10,12H,5-6H2,1H3/t8-,10+/m0/s1. The minimum absolute atomic E-state index is 0.536. The highest BCUT2D eigenvalue weighted by molar-refractivity contribution is 5.15. The van der Waals surface area contributed by atoms with Crippen LogP contribution in [-0.4, -0.2) is 11.5 Å². The molecule has 0 bridgehead atoms. The van der Waals surface area contributed by atoms with E-state index in [0.29, 0.717) is 6.04 Å². The third kappa shape index (κ3) is 1.48. The fraction of sp³-hybridized carbons (Fsp3) is 0.500. The highest BCUT2D eigenvalue weighted by Gasteiger charge is 2.21. The summed E-state index contributed by atoms with van der Waals surface area (Å²) in [6.07, 6.45) is 5.02. The molecule has 12 heavy (non-hydrogen) atoms. The Labute approximate surface area is 73.0 Å². The molecule has 0 radical (unpaired) electrons. The lowest BCUT2D eigenvalue weighted by atomic mass is 10.0. The average molecular weight is 162 g/mol. The molecule has 1 N–H and O–H groups in total. The van der Waals surface area contributed by atoms with Gasteiger partial charge < -0.3 is 5.32 Å². The predicted molar refractivity (Wildman–Crippen MR) is 48.8 cm³/mol. The lowest BCUT2D eigenvalue weighted by molar-refractivity contribution is 0.610. The smallest absolute Gasteiger partial charge is 0.0338 e. The van der Waals surface area contributed by atoms with E-state index in [1.54, 1.807) is 0 Å². The van der Waals surface area contributed by atoms with Gasteiger partial charge >= 0.3 is 0 Å². The van der Waals surface area contributed by atoms with E-state index in [9.17, 15) is 0 Å². The Hall–Kier alpha value is -0.890. The normalized spacial score (nSPS) is 29.1. The van der Waals surface area contributed by atoms with Crippen LogP contribution in [0.1, 0.15) is 24.9 Å². The van der Waals surface area contributed by atoms with Crippen LogP contribution in [-0.2, 0) is 0 Å². The monoisotopic (exact) mass is 162 g/mol. The van der Waals surface area contributed by atoms with Crippen molar-refractivity contribution in [3.8, 4) is 0 Å². The van der Waals surface area contributed by atoms with Crippen molar-refractivity contribution < 1.29 is 0 Å². The van der Waals surface area contributed by atoms with Crippen molar-refractivity contribution in [3.05, 3.63) is 30.1 Å². The van der Waals surface area contributed by atoms with Gasteiger partial charge in [0.05, 0.1) is 0 Å². The molecular formula is C10H14N2. The van der Waals surface area contributed by atoms with Crippen molar-refractivity contribution in [1.82, 2.24) is 10.3 Å². The minimum atomic E-state index is 0.536. The Bertz CT molecular complexity index is 245. The first-order chi connectivity index (χ1) is 5.86. The van der Waals surface area contributed by atoms with Crippen molar-refractivity contribution >= 4 is 0 Å². The van der Waals surface area contributed by atoms with E-state index >= 15 is 0 Å². The largest absolute Gasteiger partial charge is 0.310 e. The number of hydrogen-bond acceptors (Lipinski definition) is 2. The molecule has 1 fully saturated rings. The van der Waals surface area contributed by atoms with Crippen molar-refractivity contribution in [1.29, 1.82) is 0 Å². The zero-order chi connectivity index (χ0) is 8.39. The van der Waals surface area contributed by atoms with Gasteiger partial charge in [-0.1, -0.05) is 13.0 Å². The van der Waals surface area contributed by atoms with E-state index < -0.39 is 0 Å². The number of aromatic nitrogens is 1. The molecule has 1 aromatic heterocycles. The molecular weight excluding hydrogens is 148 g/mol. The Kier molecular flexibility index (Phi) is 2.09. The molecule has 1 saturated heterocycles. The van der Waals surface area contributed by atoms with Gasteiger partial charge in [0.25, 0.3) is 0 Å².